The molecule has 1 rings (SSSR count). The fourth-order valence-electron chi connectivity index (χ4n) is 2.65. The molecule has 4 atom stereocenters. The van der Waals surface area contributed by atoms with Gasteiger partial charge in [-0.3, -0.25) is 4.98 Å². The van der Waals surface area contributed by atoms with Gasteiger partial charge in [0, 0.05) is 18.0 Å². The van der Waals surface area contributed by atoms with E-state index in [4.69, 9.17) is 0 Å². The molecule has 114 valence electrons. The largest absolute Gasteiger partial charge is 0.387 e. The zero-order valence-corrected chi connectivity index (χ0v) is 12.7. The molecule has 0 aliphatic carbocycles. The van der Waals surface area contributed by atoms with Crippen molar-refractivity contribution in [1.29, 1.82) is 0 Å². The summed E-state index contributed by atoms with van der Waals surface area (Å²) < 4.78 is 0. The maximum absolute atomic E-state index is 10.7. The fourth-order valence-corrected chi connectivity index (χ4v) is 2.65. The van der Waals surface area contributed by atoms with Crippen LogP contribution in [0.3, 0.4) is 0 Å². The number of hydrogen-bond acceptors (Lipinski definition) is 4. The van der Waals surface area contributed by atoms with Gasteiger partial charge in [-0.15, -0.1) is 0 Å². The zero-order valence-electron chi connectivity index (χ0n) is 12.7. The lowest BCUT2D eigenvalue weighted by atomic mass is 9.77. The molecule has 20 heavy (non-hydrogen) atoms. The molecule has 0 aliphatic heterocycles. The molecule has 4 unspecified atom stereocenters. The van der Waals surface area contributed by atoms with Gasteiger partial charge in [-0.2, -0.15) is 0 Å². The van der Waals surface area contributed by atoms with Crippen molar-refractivity contribution < 1.29 is 15.3 Å². The molecule has 4 heteroatoms. The summed E-state index contributed by atoms with van der Waals surface area (Å²) in [6.07, 6.45) is 4.43. The van der Waals surface area contributed by atoms with Gasteiger partial charge in [0.15, 0.2) is 0 Å². The van der Waals surface area contributed by atoms with E-state index in [2.05, 4.69) is 11.9 Å². The van der Waals surface area contributed by atoms with Gasteiger partial charge in [0.25, 0.3) is 0 Å². The third kappa shape index (κ3) is 4.01. The predicted molar refractivity (Wildman–Crippen MR) is 79.1 cm³/mol. The summed E-state index contributed by atoms with van der Waals surface area (Å²) in [5.74, 6) is -0.0382. The quantitative estimate of drug-likeness (QED) is 0.684. The molecule has 0 aromatic carbocycles. The van der Waals surface area contributed by atoms with E-state index in [1.807, 2.05) is 6.92 Å². The highest BCUT2D eigenvalue weighted by molar-refractivity contribution is 5.15. The second-order valence-electron chi connectivity index (χ2n) is 5.65. The van der Waals surface area contributed by atoms with Gasteiger partial charge < -0.3 is 15.3 Å². The first-order valence-corrected chi connectivity index (χ1v) is 7.43. The van der Waals surface area contributed by atoms with E-state index < -0.39 is 17.8 Å². The van der Waals surface area contributed by atoms with Crippen molar-refractivity contribution in [3.8, 4) is 0 Å². The van der Waals surface area contributed by atoms with Crippen LogP contribution in [-0.2, 0) is 0 Å². The summed E-state index contributed by atoms with van der Waals surface area (Å²) in [6.45, 7) is 5.71. The molecule has 0 radical (unpaired) electrons. The fraction of sp³-hybridized carbons (Fsp3) is 0.688. The normalized spacial score (nSPS) is 19.1. The third-order valence-electron chi connectivity index (χ3n) is 4.15. The average molecular weight is 281 g/mol. The summed E-state index contributed by atoms with van der Waals surface area (Å²) >= 11 is 0. The van der Waals surface area contributed by atoms with Gasteiger partial charge in [0.05, 0.1) is 5.60 Å². The van der Waals surface area contributed by atoms with Crippen molar-refractivity contribution in [3.63, 3.8) is 0 Å². The van der Waals surface area contributed by atoms with E-state index in [1.54, 1.807) is 25.3 Å². The van der Waals surface area contributed by atoms with Crippen molar-refractivity contribution in [2.75, 3.05) is 0 Å². The average Bonchev–Trinajstić information content (AvgIpc) is 2.47. The number of rotatable bonds is 8. The monoisotopic (exact) mass is 281 g/mol. The van der Waals surface area contributed by atoms with E-state index in [-0.39, 0.29) is 5.92 Å². The van der Waals surface area contributed by atoms with Crippen molar-refractivity contribution >= 4 is 0 Å². The van der Waals surface area contributed by atoms with Crippen LogP contribution in [0.1, 0.15) is 58.1 Å². The first-order valence-electron chi connectivity index (χ1n) is 7.43. The molecule has 1 aromatic rings. The lowest BCUT2D eigenvalue weighted by Gasteiger charge is -2.38. The maximum atomic E-state index is 10.7. The lowest BCUT2D eigenvalue weighted by Crippen LogP contribution is -2.49. The minimum absolute atomic E-state index is 0.0382. The number of nitrogens with zero attached hydrogens (tertiary/aromatic N) is 1. The Balaban J connectivity index is 2.83. The predicted octanol–water partition coefficient (Wildman–Crippen LogP) is 2.44. The molecule has 0 fully saturated rings. The van der Waals surface area contributed by atoms with Crippen LogP contribution in [0.25, 0.3) is 0 Å². The summed E-state index contributed by atoms with van der Waals surface area (Å²) in [6, 6.07) is 3.40. The first-order chi connectivity index (χ1) is 9.45. The highest BCUT2D eigenvalue weighted by Gasteiger charge is 2.41. The molecule has 0 aliphatic rings. The van der Waals surface area contributed by atoms with Crippen LogP contribution in [0.5, 0.6) is 0 Å². The smallest absolute Gasteiger partial charge is 0.113 e. The Bertz CT molecular complexity index is 381. The van der Waals surface area contributed by atoms with Crippen LogP contribution in [0.2, 0.25) is 0 Å². The number of aromatic nitrogens is 1. The Hall–Kier alpha value is -0.970. The minimum atomic E-state index is -1.32. The van der Waals surface area contributed by atoms with E-state index in [0.717, 1.165) is 25.7 Å². The molecule has 0 saturated carbocycles. The summed E-state index contributed by atoms with van der Waals surface area (Å²) in [5.41, 5.74) is -0.801. The Labute approximate surface area is 121 Å². The van der Waals surface area contributed by atoms with Crippen LogP contribution in [0.15, 0.2) is 24.5 Å². The number of unbranched alkanes of at least 4 members (excludes halogenated alkanes) is 1. The van der Waals surface area contributed by atoms with Crippen molar-refractivity contribution in [1.82, 2.24) is 4.98 Å². The van der Waals surface area contributed by atoms with Crippen LogP contribution in [-0.4, -0.2) is 32.0 Å². The number of aliphatic hydroxyl groups excluding tert-OH is 2. The van der Waals surface area contributed by atoms with Crippen molar-refractivity contribution in [2.24, 2.45) is 5.92 Å². The first kappa shape index (κ1) is 17.1. The number of hydrogen-bond donors (Lipinski definition) is 3. The molecule has 3 N–H and O–H groups in total. The Morgan fingerprint density at radius 3 is 2.50 bits per heavy atom. The number of aliphatic hydroxyl groups is 3. The van der Waals surface area contributed by atoms with E-state index in [0.29, 0.717) is 5.56 Å². The topological polar surface area (TPSA) is 73.6 Å². The maximum Gasteiger partial charge on any atom is 0.113 e. The molecule has 0 bridgehead atoms. The molecular formula is C16H27NO3. The summed E-state index contributed by atoms with van der Waals surface area (Å²) in [7, 11) is 0. The van der Waals surface area contributed by atoms with E-state index >= 15 is 0 Å². The Kier molecular flexibility index (Phi) is 6.59. The van der Waals surface area contributed by atoms with Crippen LogP contribution >= 0.6 is 0 Å². The van der Waals surface area contributed by atoms with Crippen molar-refractivity contribution in [3.05, 3.63) is 30.1 Å². The van der Waals surface area contributed by atoms with Crippen LogP contribution in [0.4, 0.5) is 0 Å². The molecule has 1 heterocycles. The molecule has 1 aromatic heterocycles. The van der Waals surface area contributed by atoms with Gasteiger partial charge in [0.1, 0.15) is 12.2 Å². The van der Waals surface area contributed by atoms with Gasteiger partial charge in [-0.1, -0.05) is 39.2 Å². The lowest BCUT2D eigenvalue weighted by molar-refractivity contribution is -0.148. The second-order valence-corrected chi connectivity index (χ2v) is 5.65. The molecule has 4 nitrogen and oxygen atoms in total. The highest BCUT2D eigenvalue weighted by atomic mass is 16.4. The van der Waals surface area contributed by atoms with E-state index in [1.165, 1.54) is 6.20 Å². The van der Waals surface area contributed by atoms with Crippen LogP contribution < -0.4 is 0 Å². The second kappa shape index (κ2) is 7.72. The molecular weight excluding hydrogens is 254 g/mol. The third-order valence-corrected chi connectivity index (χ3v) is 4.15. The van der Waals surface area contributed by atoms with Gasteiger partial charge >= 0.3 is 0 Å². The standard InChI is InChI=1S/C16H27NO3/c1-4-6-9-13(5-2)16(3,20)15(19)14(18)12-8-7-10-17-11-12/h7-8,10-11,13-15,18-20H,4-6,9H2,1-3H3. The zero-order chi connectivity index (χ0) is 15.2. The van der Waals surface area contributed by atoms with Gasteiger partial charge in [-0.25, -0.2) is 0 Å². The number of pyridine rings is 1. The van der Waals surface area contributed by atoms with Gasteiger partial charge in [0.2, 0.25) is 0 Å². The van der Waals surface area contributed by atoms with E-state index in [9.17, 15) is 15.3 Å². The molecule has 0 spiro atoms. The Morgan fingerprint density at radius 2 is 2.00 bits per heavy atom. The minimum Gasteiger partial charge on any atom is -0.387 e. The van der Waals surface area contributed by atoms with Crippen molar-refractivity contribution in [2.45, 2.75) is 64.3 Å². The summed E-state index contributed by atoms with van der Waals surface area (Å²) in [4.78, 5) is 3.93. The Morgan fingerprint density at radius 1 is 1.30 bits per heavy atom. The van der Waals surface area contributed by atoms with Crippen LogP contribution in [0, 0.1) is 5.92 Å². The highest BCUT2D eigenvalue weighted by Crippen LogP contribution is 2.34. The molecule has 0 saturated heterocycles. The van der Waals surface area contributed by atoms with Gasteiger partial charge in [-0.05, 0) is 25.3 Å². The summed E-state index contributed by atoms with van der Waals surface area (Å²) in [5, 5.41) is 31.3. The SMILES string of the molecule is CCCCC(CC)C(C)(O)C(O)C(O)c1cccnc1. The molecule has 0 amide bonds.